The summed E-state index contributed by atoms with van der Waals surface area (Å²) >= 11 is 0. The third kappa shape index (κ3) is 5.88. The van der Waals surface area contributed by atoms with Gasteiger partial charge in [-0.05, 0) is 50.3 Å². The van der Waals surface area contributed by atoms with Crippen LogP contribution in [0.25, 0.3) is 0 Å². The van der Waals surface area contributed by atoms with E-state index in [9.17, 15) is 0 Å². The van der Waals surface area contributed by atoms with Crippen molar-refractivity contribution >= 4 is 0 Å². The van der Waals surface area contributed by atoms with E-state index >= 15 is 0 Å². The van der Waals surface area contributed by atoms with E-state index in [2.05, 4.69) is 50.4 Å². The predicted molar refractivity (Wildman–Crippen MR) is 76.5 cm³/mol. The van der Waals surface area contributed by atoms with E-state index in [4.69, 9.17) is 0 Å². The van der Waals surface area contributed by atoms with E-state index in [0.717, 1.165) is 13.0 Å². The summed E-state index contributed by atoms with van der Waals surface area (Å²) in [4.78, 5) is 0. The van der Waals surface area contributed by atoms with Gasteiger partial charge in [0.1, 0.15) is 0 Å². The molecular weight excluding hydrogens is 206 g/mol. The largest absolute Gasteiger partial charge is 0.314 e. The van der Waals surface area contributed by atoms with Gasteiger partial charge in [0.2, 0.25) is 0 Å². The van der Waals surface area contributed by atoms with E-state index in [1.807, 2.05) is 0 Å². The summed E-state index contributed by atoms with van der Waals surface area (Å²) in [5.74, 6) is 0. The Morgan fingerprint density at radius 2 is 1.65 bits per heavy atom. The van der Waals surface area contributed by atoms with Crippen LogP contribution in [-0.4, -0.2) is 12.6 Å². The molecule has 1 N–H and O–H groups in total. The van der Waals surface area contributed by atoms with Crippen LogP contribution in [0, 0.1) is 0 Å². The molecular formula is C16H27N. The minimum atomic E-state index is 0.580. The first-order valence-corrected chi connectivity index (χ1v) is 7.07. The van der Waals surface area contributed by atoms with Gasteiger partial charge in [-0.25, -0.2) is 0 Å². The van der Waals surface area contributed by atoms with Crippen molar-refractivity contribution in [3.05, 3.63) is 35.4 Å². The number of unbranched alkanes of at least 4 members (excludes halogenated alkanes) is 1. The Labute approximate surface area is 107 Å². The summed E-state index contributed by atoms with van der Waals surface area (Å²) in [6.07, 6.45) is 6.14. The molecule has 1 nitrogen and oxygen atoms in total. The molecule has 1 aromatic rings. The van der Waals surface area contributed by atoms with Crippen LogP contribution in [-0.2, 0) is 12.8 Å². The van der Waals surface area contributed by atoms with Crippen LogP contribution in [0.1, 0.15) is 51.2 Å². The SMILES string of the molecule is CCCCc1ccc(CC(C)NCCC)cc1. The Morgan fingerprint density at radius 3 is 2.24 bits per heavy atom. The van der Waals surface area contributed by atoms with Crippen LogP contribution in [0.4, 0.5) is 0 Å². The molecule has 0 saturated carbocycles. The quantitative estimate of drug-likeness (QED) is 0.716. The zero-order valence-corrected chi connectivity index (χ0v) is 11.6. The maximum absolute atomic E-state index is 3.53. The monoisotopic (exact) mass is 233 g/mol. The van der Waals surface area contributed by atoms with Crippen LogP contribution in [0.5, 0.6) is 0 Å². The van der Waals surface area contributed by atoms with Gasteiger partial charge in [0.05, 0.1) is 0 Å². The number of hydrogen-bond donors (Lipinski definition) is 1. The lowest BCUT2D eigenvalue weighted by molar-refractivity contribution is 0.543. The fraction of sp³-hybridized carbons (Fsp3) is 0.625. The molecule has 0 spiro atoms. The van der Waals surface area contributed by atoms with Crippen molar-refractivity contribution in [1.29, 1.82) is 0 Å². The van der Waals surface area contributed by atoms with E-state index in [1.54, 1.807) is 0 Å². The molecule has 1 heteroatoms. The third-order valence-electron chi connectivity index (χ3n) is 3.13. The van der Waals surface area contributed by atoms with E-state index in [1.165, 1.54) is 36.8 Å². The minimum Gasteiger partial charge on any atom is -0.314 e. The van der Waals surface area contributed by atoms with Crippen molar-refractivity contribution < 1.29 is 0 Å². The summed E-state index contributed by atoms with van der Waals surface area (Å²) in [6.45, 7) is 7.84. The van der Waals surface area contributed by atoms with Gasteiger partial charge in [0, 0.05) is 6.04 Å². The van der Waals surface area contributed by atoms with Crippen LogP contribution >= 0.6 is 0 Å². The molecule has 1 unspecified atom stereocenters. The summed E-state index contributed by atoms with van der Waals surface area (Å²) < 4.78 is 0. The normalized spacial score (nSPS) is 12.6. The maximum Gasteiger partial charge on any atom is 0.00791 e. The van der Waals surface area contributed by atoms with Gasteiger partial charge in [-0.3, -0.25) is 0 Å². The van der Waals surface area contributed by atoms with Gasteiger partial charge in [-0.15, -0.1) is 0 Å². The molecule has 0 bridgehead atoms. The Kier molecular flexibility index (Phi) is 6.95. The first-order valence-electron chi connectivity index (χ1n) is 7.07. The van der Waals surface area contributed by atoms with Crippen LogP contribution < -0.4 is 5.32 Å². The minimum absolute atomic E-state index is 0.580. The summed E-state index contributed by atoms with van der Waals surface area (Å²) in [7, 11) is 0. The number of nitrogens with one attached hydrogen (secondary N) is 1. The van der Waals surface area contributed by atoms with Crippen molar-refractivity contribution in [2.24, 2.45) is 0 Å². The van der Waals surface area contributed by atoms with Gasteiger partial charge < -0.3 is 5.32 Å². The molecule has 0 aromatic heterocycles. The molecule has 0 amide bonds. The summed E-state index contributed by atoms with van der Waals surface area (Å²) in [6, 6.07) is 9.73. The van der Waals surface area contributed by atoms with E-state index < -0.39 is 0 Å². The molecule has 0 saturated heterocycles. The first-order chi connectivity index (χ1) is 8.26. The second-order valence-corrected chi connectivity index (χ2v) is 4.98. The van der Waals surface area contributed by atoms with Crippen molar-refractivity contribution in [2.75, 3.05) is 6.54 Å². The van der Waals surface area contributed by atoms with Gasteiger partial charge in [-0.2, -0.15) is 0 Å². The molecule has 0 aliphatic heterocycles. The van der Waals surface area contributed by atoms with Gasteiger partial charge in [0.25, 0.3) is 0 Å². The topological polar surface area (TPSA) is 12.0 Å². The molecule has 0 aliphatic carbocycles. The average molecular weight is 233 g/mol. The average Bonchev–Trinajstić information content (AvgIpc) is 2.35. The standard InChI is InChI=1S/C16H27N/c1-4-6-7-15-8-10-16(11-9-15)13-14(3)17-12-5-2/h8-11,14,17H,4-7,12-13H2,1-3H3. The molecule has 1 rings (SSSR count). The lowest BCUT2D eigenvalue weighted by Gasteiger charge is -2.13. The highest BCUT2D eigenvalue weighted by Crippen LogP contribution is 2.09. The Morgan fingerprint density at radius 1 is 1.00 bits per heavy atom. The van der Waals surface area contributed by atoms with E-state index in [0.29, 0.717) is 6.04 Å². The lowest BCUT2D eigenvalue weighted by atomic mass is 10.0. The van der Waals surface area contributed by atoms with Crippen molar-refractivity contribution in [3.63, 3.8) is 0 Å². The number of hydrogen-bond acceptors (Lipinski definition) is 1. The number of benzene rings is 1. The Bertz CT molecular complexity index is 289. The maximum atomic E-state index is 3.53. The highest BCUT2D eigenvalue weighted by molar-refractivity contribution is 5.23. The molecule has 17 heavy (non-hydrogen) atoms. The van der Waals surface area contributed by atoms with Crippen molar-refractivity contribution in [3.8, 4) is 0 Å². The third-order valence-corrected chi connectivity index (χ3v) is 3.13. The predicted octanol–water partition coefficient (Wildman–Crippen LogP) is 3.96. The zero-order valence-electron chi connectivity index (χ0n) is 11.6. The van der Waals surface area contributed by atoms with Gasteiger partial charge >= 0.3 is 0 Å². The van der Waals surface area contributed by atoms with Crippen molar-refractivity contribution in [1.82, 2.24) is 5.32 Å². The Hall–Kier alpha value is -0.820. The van der Waals surface area contributed by atoms with Crippen LogP contribution in [0.3, 0.4) is 0 Å². The number of aryl methyl sites for hydroxylation is 1. The molecule has 1 atom stereocenters. The second-order valence-electron chi connectivity index (χ2n) is 4.98. The second kappa shape index (κ2) is 8.30. The molecule has 0 heterocycles. The lowest BCUT2D eigenvalue weighted by Crippen LogP contribution is -2.28. The van der Waals surface area contributed by atoms with Gasteiger partial charge in [-0.1, -0.05) is 44.5 Å². The molecule has 96 valence electrons. The Balaban J connectivity index is 2.39. The van der Waals surface area contributed by atoms with Crippen molar-refractivity contribution in [2.45, 2.75) is 58.9 Å². The van der Waals surface area contributed by atoms with E-state index in [-0.39, 0.29) is 0 Å². The molecule has 0 aliphatic rings. The fourth-order valence-electron chi connectivity index (χ4n) is 2.04. The highest BCUT2D eigenvalue weighted by atomic mass is 14.9. The zero-order chi connectivity index (χ0) is 12.5. The smallest absolute Gasteiger partial charge is 0.00791 e. The molecule has 0 radical (unpaired) electrons. The fourth-order valence-corrected chi connectivity index (χ4v) is 2.04. The highest BCUT2D eigenvalue weighted by Gasteiger charge is 2.02. The van der Waals surface area contributed by atoms with Crippen LogP contribution in [0.2, 0.25) is 0 Å². The molecule has 0 fully saturated rings. The summed E-state index contributed by atoms with van der Waals surface area (Å²) in [5.41, 5.74) is 2.92. The summed E-state index contributed by atoms with van der Waals surface area (Å²) in [5, 5.41) is 3.53. The molecule has 1 aromatic carbocycles. The van der Waals surface area contributed by atoms with Gasteiger partial charge in [0.15, 0.2) is 0 Å². The first kappa shape index (κ1) is 14.2. The number of rotatable bonds is 8. The van der Waals surface area contributed by atoms with Crippen LogP contribution in [0.15, 0.2) is 24.3 Å².